The summed E-state index contributed by atoms with van der Waals surface area (Å²) in [4.78, 5) is 23.0. The fourth-order valence-electron chi connectivity index (χ4n) is 2.65. The van der Waals surface area contributed by atoms with Crippen LogP contribution in [0.25, 0.3) is 0 Å². The van der Waals surface area contributed by atoms with E-state index in [4.69, 9.17) is 4.74 Å². The zero-order valence-corrected chi connectivity index (χ0v) is 15.7. The maximum atomic E-state index is 11.8. The van der Waals surface area contributed by atoms with Crippen LogP contribution in [0, 0.1) is 13.8 Å². The maximum absolute atomic E-state index is 11.8. The number of aryl methyl sites for hydroxylation is 3. The van der Waals surface area contributed by atoms with Crippen LogP contribution in [0.3, 0.4) is 0 Å². The van der Waals surface area contributed by atoms with E-state index in [0.29, 0.717) is 37.3 Å². The molecule has 0 bridgehead atoms. The van der Waals surface area contributed by atoms with Gasteiger partial charge in [0.15, 0.2) is 5.78 Å². The number of rotatable bonds is 10. The molecule has 26 heavy (non-hydrogen) atoms. The van der Waals surface area contributed by atoms with E-state index in [0.717, 1.165) is 24.4 Å². The van der Waals surface area contributed by atoms with E-state index >= 15 is 0 Å². The van der Waals surface area contributed by atoms with Crippen LogP contribution in [0.2, 0.25) is 0 Å². The minimum absolute atomic E-state index is 0.0334. The van der Waals surface area contributed by atoms with E-state index in [1.54, 1.807) is 24.3 Å². The van der Waals surface area contributed by atoms with Gasteiger partial charge in [-0.05, 0) is 63.9 Å². The fourth-order valence-corrected chi connectivity index (χ4v) is 2.65. The van der Waals surface area contributed by atoms with Gasteiger partial charge in [0.25, 0.3) is 0 Å². The highest BCUT2D eigenvalue weighted by Crippen LogP contribution is 2.13. The van der Waals surface area contributed by atoms with Gasteiger partial charge in [0.05, 0.1) is 12.3 Å². The van der Waals surface area contributed by atoms with Crippen LogP contribution in [0.15, 0.2) is 30.3 Å². The lowest BCUT2D eigenvalue weighted by molar-refractivity contribution is -0.121. The minimum atomic E-state index is 0.0334. The first kappa shape index (κ1) is 19.7. The Bertz CT molecular complexity index is 735. The summed E-state index contributed by atoms with van der Waals surface area (Å²) in [5.74, 6) is 0.778. The molecule has 1 aromatic carbocycles. The summed E-state index contributed by atoms with van der Waals surface area (Å²) in [5.41, 5.74) is 2.82. The monoisotopic (exact) mass is 357 g/mol. The molecule has 0 fully saturated rings. The number of ether oxygens (including phenoxy) is 1. The molecule has 0 aliphatic heterocycles. The van der Waals surface area contributed by atoms with Crippen LogP contribution in [0.5, 0.6) is 5.75 Å². The van der Waals surface area contributed by atoms with E-state index in [2.05, 4.69) is 10.4 Å². The molecule has 0 saturated carbocycles. The van der Waals surface area contributed by atoms with Gasteiger partial charge in [0, 0.05) is 30.8 Å². The third-order valence-electron chi connectivity index (χ3n) is 4.05. The summed E-state index contributed by atoms with van der Waals surface area (Å²) in [6, 6.07) is 9.08. The summed E-state index contributed by atoms with van der Waals surface area (Å²) in [6.45, 7) is 7.46. The molecule has 0 aliphatic carbocycles. The first-order valence-corrected chi connectivity index (χ1v) is 8.97. The summed E-state index contributed by atoms with van der Waals surface area (Å²) in [5, 5.41) is 7.32. The Morgan fingerprint density at radius 1 is 1.15 bits per heavy atom. The van der Waals surface area contributed by atoms with Gasteiger partial charge in [0.1, 0.15) is 5.75 Å². The molecular formula is C20H27N3O3. The molecule has 6 heteroatoms. The predicted molar refractivity (Wildman–Crippen MR) is 101 cm³/mol. The Morgan fingerprint density at radius 3 is 2.50 bits per heavy atom. The van der Waals surface area contributed by atoms with Crippen LogP contribution >= 0.6 is 0 Å². The number of nitrogens with zero attached hydrogens (tertiary/aromatic N) is 2. The minimum Gasteiger partial charge on any atom is -0.494 e. The van der Waals surface area contributed by atoms with Crippen molar-refractivity contribution in [3.05, 3.63) is 47.3 Å². The third-order valence-corrected chi connectivity index (χ3v) is 4.05. The second-order valence-electron chi connectivity index (χ2n) is 6.39. The van der Waals surface area contributed by atoms with Crippen LogP contribution in [-0.2, 0) is 11.3 Å². The first-order chi connectivity index (χ1) is 12.5. The summed E-state index contributed by atoms with van der Waals surface area (Å²) >= 11 is 0. The van der Waals surface area contributed by atoms with Gasteiger partial charge in [-0.3, -0.25) is 14.3 Å². The molecule has 0 radical (unpaired) electrons. The Balaban J connectivity index is 1.56. The average molecular weight is 357 g/mol. The number of Topliss-reactive ketones (excluding diaryl/α,β-unsaturated/α-hetero) is 1. The average Bonchev–Trinajstić information content (AvgIpc) is 2.93. The molecule has 140 valence electrons. The topological polar surface area (TPSA) is 73.2 Å². The van der Waals surface area contributed by atoms with Gasteiger partial charge in [-0.15, -0.1) is 0 Å². The third kappa shape index (κ3) is 6.35. The zero-order chi connectivity index (χ0) is 18.9. The number of hydrogen-bond donors (Lipinski definition) is 1. The van der Waals surface area contributed by atoms with Crippen molar-refractivity contribution in [2.45, 2.75) is 46.6 Å². The van der Waals surface area contributed by atoms with E-state index in [-0.39, 0.29) is 11.7 Å². The van der Waals surface area contributed by atoms with Crippen LogP contribution < -0.4 is 10.1 Å². The van der Waals surface area contributed by atoms with Gasteiger partial charge in [-0.25, -0.2) is 0 Å². The molecule has 1 heterocycles. The molecule has 0 aliphatic rings. The van der Waals surface area contributed by atoms with Crippen molar-refractivity contribution in [2.75, 3.05) is 13.2 Å². The lowest BCUT2D eigenvalue weighted by Crippen LogP contribution is -2.25. The number of nitrogens with one attached hydrogen (secondary N) is 1. The smallest absolute Gasteiger partial charge is 0.220 e. The Kier molecular flexibility index (Phi) is 7.38. The van der Waals surface area contributed by atoms with Crippen molar-refractivity contribution in [1.82, 2.24) is 15.1 Å². The molecule has 6 nitrogen and oxygen atoms in total. The second-order valence-corrected chi connectivity index (χ2v) is 6.39. The quantitative estimate of drug-likeness (QED) is 0.524. The Morgan fingerprint density at radius 2 is 1.88 bits per heavy atom. The molecule has 1 aromatic heterocycles. The normalized spacial score (nSPS) is 10.6. The molecule has 0 atom stereocenters. The van der Waals surface area contributed by atoms with Gasteiger partial charge < -0.3 is 10.1 Å². The van der Waals surface area contributed by atoms with E-state index in [1.807, 2.05) is 24.6 Å². The largest absolute Gasteiger partial charge is 0.494 e. The number of hydrogen-bond acceptors (Lipinski definition) is 4. The Labute approximate surface area is 154 Å². The van der Waals surface area contributed by atoms with Gasteiger partial charge >= 0.3 is 0 Å². The molecule has 0 spiro atoms. The lowest BCUT2D eigenvalue weighted by Gasteiger charge is -2.08. The van der Waals surface area contributed by atoms with Gasteiger partial charge in [-0.2, -0.15) is 5.10 Å². The van der Waals surface area contributed by atoms with Gasteiger partial charge in [-0.1, -0.05) is 0 Å². The van der Waals surface area contributed by atoms with Crippen molar-refractivity contribution >= 4 is 11.7 Å². The van der Waals surface area contributed by atoms with Crippen molar-refractivity contribution in [3.63, 3.8) is 0 Å². The van der Waals surface area contributed by atoms with E-state index < -0.39 is 0 Å². The van der Waals surface area contributed by atoms with Crippen LogP contribution in [-0.4, -0.2) is 34.6 Å². The molecule has 0 unspecified atom stereocenters. The van der Waals surface area contributed by atoms with Crippen LogP contribution in [0.4, 0.5) is 0 Å². The van der Waals surface area contributed by atoms with Gasteiger partial charge in [0.2, 0.25) is 5.91 Å². The van der Waals surface area contributed by atoms with E-state index in [1.165, 1.54) is 6.92 Å². The number of carbonyl (C=O) groups excluding carboxylic acids is 2. The standard InChI is InChI=1S/C20H27N3O3/c1-15-14-16(2)23(22-15)12-5-11-21-20(25)6-4-13-26-19-9-7-18(8-10-19)17(3)24/h7-10,14H,4-6,11-13H2,1-3H3,(H,21,25). The molecule has 1 N–H and O–H groups in total. The number of carbonyl (C=O) groups is 2. The van der Waals surface area contributed by atoms with Crippen molar-refractivity contribution in [3.8, 4) is 5.75 Å². The lowest BCUT2D eigenvalue weighted by atomic mass is 10.1. The number of amides is 1. The summed E-state index contributed by atoms with van der Waals surface area (Å²) in [6.07, 6.45) is 1.94. The van der Waals surface area contributed by atoms with Crippen molar-refractivity contribution in [2.24, 2.45) is 0 Å². The number of aromatic nitrogens is 2. The second kappa shape index (κ2) is 9.75. The summed E-state index contributed by atoms with van der Waals surface area (Å²) in [7, 11) is 0. The fraction of sp³-hybridized carbons (Fsp3) is 0.450. The van der Waals surface area contributed by atoms with Crippen molar-refractivity contribution in [1.29, 1.82) is 0 Å². The molecule has 2 aromatic rings. The highest BCUT2D eigenvalue weighted by atomic mass is 16.5. The Hall–Kier alpha value is -2.63. The highest BCUT2D eigenvalue weighted by molar-refractivity contribution is 5.94. The molecule has 2 rings (SSSR count). The number of benzene rings is 1. The van der Waals surface area contributed by atoms with Crippen LogP contribution in [0.1, 0.15) is 47.9 Å². The molecule has 0 saturated heterocycles. The van der Waals surface area contributed by atoms with E-state index in [9.17, 15) is 9.59 Å². The predicted octanol–water partition coefficient (Wildman–Crippen LogP) is 3.07. The molecular weight excluding hydrogens is 330 g/mol. The number of ketones is 1. The molecule has 1 amide bonds. The highest BCUT2D eigenvalue weighted by Gasteiger charge is 2.04. The van der Waals surface area contributed by atoms with Crippen molar-refractivity contribution < 1.29 is 14.3 Å². The first-order valence-electron chi connectivity index (χ1n) is 8.97. The maximum Gasteiger partial charge on any atom is 0.220 e. The zero-order valence-electron chi connectivity index (χ0n) is 15.7. The summed E-state index contributed by atoms with van der Waals surface area (Å²) < 4.78 is 7.55. The SMILES string of the molecule is CC(=O)c1ccc(OCCCC(=O)NCCCn2nc(C)cc2C)cc1.